The molecular formula is C23H28F2N4O3S. The van der Waals surface area contributed by atoms with E-state index in [1.165, 1.54) is 42.4 Å². The van der Waals surface area contributed by atoms with E-state index in [2.05, 4.69) is 15.0 Å². The summed E-state index contributed by atoms with van der Waals surface area (Å²) < 4.78 is 44.9. The van der Waals surface area contributed by atoms with Gasteiger partial charge in [-0.3, -0.25) is 4.99 Å². The third kappa shape index (κ3) is 7.21. The number of aromatic nitrogens is 2. The molecule has 1 saturated heterocycles. The van der Waals surface area contributed by atoms with Gasteiger partial charge >= 0.3 is 0 Å². The molecule has 1 aromatic heterocycles. The maximum Gasteiger partial charge on any atom is 0.232 e. The highest BCUT2D eigenvalue weighted by molar-refractivity contribution is 8.15. The molecule has 0 spiro atoms. The average molecular weight is 479 g/mol. The number of hydrogen-bond acceptors (Lipinski definition) is 7. The number of hydrogen-bond donors (Lipinski definition) is 1. The molecule has 0 bridgehead atoms. The summed E-state index contributed by atoms with van der Waals surface area (Å²) in [6.45, 7) is 3.38. The molecule has 178 valence electrons. The summed E-state index contributed by atoms with van der Waals surface area (Å²) in [5.74, 6) is -0.680. The average Bonchev–Trinajstić information content (AvgIpc) is 2.75. The van der Waals surface area contributed by atoms with E-state index < -0.39 is 10.6 Å². The molecule has 7 nitrogen and oxygen atoms in total. The van der Waals surface area contributed by atoms with Crippen LogP contribution < -0.4 is 10.5 Å². The number of methoxy groups -OCH3 is 1. The SMILES string of the molecule is C/N=C(/N)S[C@@](C)(COC)Cc1cc(/C=C(\F)c2cnc(OCC3CCO3)cn2)ccc1F. The quantitative estimate of drug-likeness (QED) is 0.409. The van der Waals surface area contributed by atoms with Crippen LogP contribution in [0.25, 0.3) is 11.9 Å². The van der Waals surface area contributed by atoms with Crippen LogP contribution in [-0.4, -0.2) is 60.0 Å². The first-order chi connectivity index (χ1) is 15.8. The minimum Gasteiger partial charge on any atom is -0.474 e. The van der Waals surface area contributed by atoms with Crippen LogP contribution in [0.1, 0.15) is 30.2 Å². The van der Waals surface area contributed by atoms with Crippen molar-refractivity contribution in [3.05, 3.63) is 53.2 Å². The molecular weight excluding hydrogens is 450 g/mol. The van der Waals surface area contributed by atoms with Crippen LogP contribution in [0.5, 0.6) is 5.88 Å². The molecule has 1 aromatic carbocycles. The van der Waals surface area contributed by atoms with Crippen LogP contribution in [0.2, 0.25) is 0 Å². The fourth-order valence-corrected chi connectivity index (χ4v) is 4.27. The van der Waals surface area contributed by atoms with Crippen molar-refractivity contribution in [3.63, 3.8) is 0 Å². The van der Waals surface area contributed by atoms with Gasteiger partial charge in [0.25, 0.3) is 0 Å². The van der Waals surface area contributed by atoms with E-state index in [9.17, 15) is 8.78 Å². The predicted octanol–water partition coefficient (Wildman–Crippen LogP) is 3.88. The first kappa shape index (κ1) is 25.1. The van der Waals surface area contributed by atoms with Gasteiger partial charge in [0.1, 0.15) is 18.1 Å². The lowest BCUT2D eigenvalue weighted by molar-refractivity contribution is -0.0727. The number of nitrogens with two attached hydrogens (primary N) is 1. The summed E-state index contributed by atoms with van der Waals surface area (Å²) in [7, 11) is 3.16. The lowest BCUT2D eigenvalue weighted by Gasteiger charge is -2.28. The van der Waals surface area contributed by atoms with Gasteiger partial charge in [-0.05, 0) is 42.7 Å². The summed E-state index contributed by atoms with van der Waals surface area (Å²) >= 11 is 1.31. The van der Waals surface area contributed by atoms with E-state index in [1.54, 1.807) is 20.2 Å². The molecule has 1 aliphatic heterocycles. The van der Waals surface area contributed by atoms with Crippen molar-refractivity contribution < 1.29 is 23.0 Å². The van der Waals surface area contributed by atoms with Gasteiger partial charge in [0.15, 0.2) is 11.0 Å². The Balaban J connectivity index is 1.73. The van der Waals surface area contributed by atoms with Crippen molar-refractivity contribution in [3.8, 4) is 5.88 Å². The molecule has 2 atom stereocenters. The molecule has 0 radical (unpaired) electrons. The van der Waals surface area contributed by atoms with Crippen molar-refractivity contribution in [1.82, 2.24) is 9.97 Å². The molecule has 2 heterocycles. The number of nitrogens with zero attached hydrogens (tertiary/aromatic N) is 3. The number of amidine groups is 1. The topological polar surface area (TPSA) is 91.9 Å². The fourth-order valence-electron chi connectivity index (χ4n) is 3.27. The van der Waals surface area contributed by atoms with Crippen molar-refractivity contribution in [2.75, 3.05) is 34.0 Å². The third-order valence-electron chi connectivity index (χ3n) is 5.03. The van der Waals surface area contributed by atoms with Crippen LogP contribution in [0, 0.1) is 5.82 Å². The van der Waals surface area contributed by atoms with Gasteiger partial charge in [0.2, 0.25) is 5.88 Å². The number of benzene rings is 1. The molecule has 10 heteroatoms. The molecule has 3 rings (SSSR count). The number of rotatable bonds is 10. The maximum atomic E-state index is 14.8. The Morgan fingerprint density at radius 1 is 1.39 bits per heavy atom. The minimum absolute atomic E-state index is 0.0554. The molecule has 0 aliphatic carbocycles. The van der Waals surface area contributed by atoms with Gasteiger partial charge in [-0.25, -0.2) is 18.7 Å². The van der Waals surface area contributed by atoms with Crippen molar-refractivity contribution in [2.45, 2.75) is 30.6 Å². The molecule has 1 aliphatic rings. The Hall–Kier alpha value is -2.56. The summed E-state index contributed by atoms with van der Waals surface area (Å²) in [5, 5.41) is 0.378. The van der Waals surface area contributed by atoms with Gasteiger partial charge in [0.05, 0.1) is 25.1 Å². The summed E-state index contributed by atoms with van der Waals surface area (Å²) in [6, 6.07) is 4.42. The van der Waals surface area contributed by atoms with Crippen LogP contribution in [0.15, 0.2) is 35.6 Å². The highest BCUT2D eigenvalue weighted by Crippen LogP contribution is 2.31. The summed E-state index contributed by atoms with van der Waals surface area (Å²) in [6.07, 6.45) is 5.29. The molecule has 0 saturated carbocycles. The Labute approximate surface area is 196 Å². The Bertz CT molecular complexity index is 1000. The van der Waals surface area contributed by atoms with Crippen molar-refractivity contribution >= 4 is 28.8 Å². The Morgan fingerprint density at radius 2 is 2.18 bits per heavy atom. The summed E-state index contributed by atoms with van der Waals surface area (Å²) in [4.78, 5) is 12.1. The largest absolute Gasteiger partial charge is 0.474 e. The van der Waals surface area contributed by atoms with Crippen LogP contribution in [0.3, 0.4) is 0 Å². The van der Waals surface area contributed by atoms with Gasteiger partial charge in [0, 0.05) is 31.9 Å². The normalized spacial score (nSPS) is 18.5. The maximum absolute atomic E-state index is 14.8. The van der Waals surface area contributed by atoms with E-state index in [1.807, 2.05) is 6.92 Å². The smallest absolute Gasteiger partial charge is 0.232 e. The second-order valence-corrected chi connectivity index (χ2v) is 9.51. The van der Waals surface area contributed by atoms with Gasteiger partial charge in [-0.1, -0.05) is 17.8 Å². The second-order valence-electron chi connectivity index (χ2n) is 7.90. The molecule has 2 aromatic rings. The molecule has 2 N–H and O–H groups in total. The standard InChI is InChI=1S/C23H28F2N4O3S/c1-23(14-30-3,33-22(26)27-2)10-16-8-15(4-5-18(16)24)9-19(25)20-11-29-21(12-28-20)32-13-17-6-7-31-17/h4-5,8-9,11-12,17H,6-7,10,13-14H2,1-3H3,(H2,26,27)/b19-9-/t17?,23-/m1/s1. The first-order valence-electron chi connectivity index (χ1n) is 10.4. The van der Waals surface area contributed by atoms with Crippen LogP contribution >= 0.6 is 11.8 Å². The monoisotopic (exact) mass is 478 g/mol. The van der Waals surface area contributed by atoms with Crippen LogP contribution in [-0.2, 0) is 15.9 Å². The van der Waals surface area contributed by atoms with Gasteiger partial charge in [-0.15, -0.1) is 0 Å². The van der Waals surface area contributed by atoms with Gasteiger partial charge in [-0.2, -0.15) is 0 Å². The number of halogens is 2. The lowest BCUT2D eigenvalue weighted by atomic mass is 9.98. The van der Waals surface area contributed by atoms with E-state index in [0.29, 0.717) is 41.8 Å². The zero-order valence-electron chi connectivity index (χ0n) is 18.9. The van der Waals surface area contributed by atoms with E-state index in [-0.39, 0.29) is 17.6 Å². The number of ether oxygens (including phenoxy) is 3. The number of thioether (sulfide) groups is 1. The second kappa shape index (κ2) is 11.5. The van der Waals surface area contributed by atoms with Crippen molar-refractivity contribution in [2.24, 2.45) is 10.7 Å². The zero-order chi connectivity index (χ0) is 23.8. The highest BCUT2D eigenvalue weighted by Gasteiger charge is 2.28. The van der Waals surface area contributed by atoms with Gasteiger partial charge < -0.3 is 19.9 Å². The molecule has 0 amide bonds. The lowest BCUT2D eigenvalue weighted by Crippen LogP contribution is -2.33. The zero-order valence-corrected chi connectivity index (χ0v) is 19.7. The minimum atomic E-state index is -0.592. The van der Waals surface area contributed by atoms with Crippen molar-refractivity contribution in [1.29, 1.82) is 0 Å². The third-order valence-corrected chi connectivity index (χ3v) is 6.18. The van der Waals surface area contributed by atoms with Crippen LogP contribution in [0.4, 0.5) is 8.78 Å². The van der Waals surface area contributed by atoms with E-state index in [4.69, 9.17) is 19.9 Å². The highest BCUT2D eigenvalue weighted by atomic mass is 32.2. The number of aliphatic imine (C=N–C) groups is 1. The predicted molar refractivity (Wildman–Crippen MR) is 126 cm³/mol. The molecule has 1 fully saturated rings. The molecule has 33 heavy (non-hydrogen) atoms. The van der Waals surface area contributed by atoms with E-state index >= 15 is 0 Å². The molecule has 1 unspecified atom stereocenters. The Kier molecular flexibility index (Phi) is 8.76. The van der Waals surface area contributed by atoms with E-state index in [0.717, 1.165) is 13.0 Å². The first-order valence-corrected chi connectivity index (χ1v) is 11.3. The summed E-state index contributed by atoms with van der Waals surface area (Å²) in [5.41, 5.74) is 6.84. The Morgan fingerprint density at radius 3 is 2.79 bits per heavy atom. The fraction of sp³-hybridized carbons (Fsp3) is 0.435.